The maximum atomic E-state index is 12.6. The summed E-state index contributed by atoms with van der Waals surface area (Å²) in [5, 5.41) is 12.2. The summed E-state index contributed by atoms with van der Waals surface area (Å²) in [5.74, 6) is 0.318. The fourth-order valence-electron chi connectivity index (χ4n) is 5.80. The third-order valence-corrected chi connectivity index (χ3v) is 9.72. The molecule has 0 unspecified atom stereocenters. The second-order valence-corrected chi connectivity index (χ2v) is 13.6. The number of benzene rings is 3. The van der Waals surface area contributed by atoms with Crippen LogP contribution < -0.4 is 5.32 Å². The van der Waals surface area contributed by atoms with Gasteiger partial charge in [-0.2, -0.15) is 0 Å². The van der Waals surface area contributed by atoms with Crippen LogP contribution >= 0.6 is 0 Å². The summed E-state index contributed by atoms with van der Waals surface area (Å²) >= 11 is 0. The average Bonchev–Trinajstić information content (AvgIpc) is 3.04. The number of carboxylic acid groups (broad SMARTS) is 1. The Bertz CT molecular complexity index is 1690. The molecule has 1 aliphatic rings. The van der Waals surface area contributed by atoms with E-state index in [1.165, 1.54) is 61.9 Å². The predicted octanol–water partition coefficient (Wildman–Crippen LogP) is 6.32. The zero-order valence-corrected chi connectivity index (χ0v) is 25.8. The number of rotatable bonds is 10. The Morgan fingerprint density at radius 3 is 1.98 bits per heavy atom. The minimum Gasteiger partial charge on any atom is -0.480 e. The van der Waals surface area contributed by atoms with Crippen molar-refractivity contribution in [2.75, 3.05) is 6.26 Å². The summed E-state index contributed by atoms with van der Waals surface area (Å²) in [4.78, 5) is 33.8. The van der Waals surface area contributed by atoms with Crippen molar-refractivity contribution in [2.45, 2.75) is 62.3 Å². The first kappa shape index (κ1) is 31.1. The summed E-state index contributed by atoms with van der Waals surface area (Å²) in [6, 6.07) is 20.2. The van der Waals surface area contributed by atoms with Crippen molar-refractivity contribution in [3.63, 3.8) is 0 Å². The van der Waals surface area contributed by atoms with Gasteiger partial charge in [-0.25, -0.2) is 23.2 Å². The molecule has 1 saturated carbocycles. The van der Waals surface area contributed by atoms with Gasteiger partial charge in [-0.1, -0.05) is 61.9 Å². The van der Waals surface area contributed by atoms with Crippen LogP contribution in [0.1, 0.15) is 66.4 Å². The molecular weight excluding hydrogens is 574 g/mol. The Morgan fingerprint density at radius 2 is 1.43 bits per heavy atom. The van der Waals surface area contributed by atoms with Crippen LogP contribution in [-0.2, 0) is 21.1 Å². The minimum absolute atomic E-state index is 0.0681. The maximum Gasteiger partial charge on any atom is 0.326 e. The average molecular weight is 612 g/mol. The largest absolute Gasteiger partial charge is 0.480 e. The van der Waals surface area contributed by atoms with Crippen molar-refractivity contribution in [3.05, 3.63) is 102 Å². The van der Waals surface area contributed by atoms with E-state index in [4.69, 9.17) is 0 Å². The Morgan fingerprint density at radius 1 is 0.841 bits per heavy atom. The fraction of sp³-hybridized carbons (Fsp3) is 0.314. The number of carbonyl (C=O) groups is 2. The van der Waals surface area contributed by atoms with Gasteiger partial charge in [0.05, 0.1) is 4.90 Å². The summed E-state index contributed by atoms with van der Waals surface area (Å²) in [5.41, 5.74) is 5.11. The fourth-order valence-corrected chi connectivity index (χ4v) is 6.43. The molecule has 1 fully saturated rings. The molecule has 0 bridgehead atoms. The molecular formula is C35H37N3O5S. The quantitative estimate of drug-likeness (QED) is 0.215. The van der Waals surface area contributed by atoms with Gasteiger partial charge in [0.15, 0.2) is 15.7 Å². The van der Waals surface area contributed by atoms with Crippen LogP contribution in [0.5, 0.6) is 0 Å². The van der Waals surface area contributed by atoms with E-state index < -0.39 is 27.8 Å². The van der Waals surface area contributed by atoms with Gasteiger partial charge < -0.3 is 10.4 Å². The highest BCUT2D eigenvalue weighted by Gasteiger charge is 2.23. The van der Waals surface area contributed by atoms with Crippen LogP contribution in [0.25, 0.3) is 22.5 Å². The van der Waals surface area contributed by atoms with Crippen LogP contribution in [-0.4, -0.2) is 47.7 Å². The van der Waals surface area contributed by atoms with Gasteiger partial charge in [0.25, 0.3) is 5.91 Å². The molecule has 1 heterocycles. The van der Waals surface area contributed by atoms with Gasteiger partial charge in [0, 0.05) is 41.8 Å². The maximum absolute atomic E-state index is 12.6. The summed E-state index contributed by atoms with van der Waals surface area (Å²) in [7, 11) is -3.40. The first-order chi connectivity index (χ1) is 21.1. The van der Waals surface area contributed by atoms with Crippen molar-refractivity contribution in [3.8, 4) is 22.5 Å². The molecule has 228 valence electrons. The van der Waals surface area contributed by atoms with Gasteiger partial charge in [-0.3, -0.25) is 4.79 Å². The van der Waals surface area contributed by atoms with E-state index in [0.29, 0.717) is 17.3 Å². The molecule has 1 amide bonds. The lowest BCUT2D eigenvalue weighted by Gasteiger charge is -2.28. The summed E-state index contributed by atoms with van der Waals surface area (Å²) < 4.78 is 23.3. The van der Waals surface area contributed by atoms with E-state index in [1.807, 2.05) is 24.5 Å². The number of sulfone groups is 1. The van der Waals surface area contributed by atoms with Crippen LogP contribution in [0.4, 0.5) is 0 Å². The molecule has 8 nitrogen and oxygen atoms in total. The molecule has 2 N–H and O–H groups in total. The number of nitrogens with one attached hydrogen (secondary N) is 1. The highest BCUT2D eigenvalue weighted by Crippen LogP contribution is 2.37. The van der Waals surface area contributed by atoms with E-state index in [0.717, 1.165) is 28.9 Å². The molecule has 1 aromatic heterocycles. The number of aromatic nitrogens is 2. The van der Waals surface area contributed by atoms with Gasteiger partial charge >= 0.3 is 5.97 Å². The minimum atomic E-state index is -3.40. The highest BCUT2D eigenvalue weighted by molar-refractivity contribution is 7.90. The Kier molecular flexibility index (Phi) is 9.54. The molecule has 0 radical (unpaired) electrons. The van der Waals surface area contributed by atoms with Gasteiger partial charge in [0.2, 0.25) is 0 Å². The first-order valence-electron chi connectivity index (χ1n) is 15.0. The second-order valence-electron chi connectivity index (χ2n) is 11.6. The number of hydrogen-bond acceptors (Lipinski definition) is 6. The van der Waals surface area contributed by atoms with Crippen molar-refractivity contribution >= 4 is 21.7 Å². The molecule has 9 heteroatoms. The van der Waals surface area contributed by atoms with Crippen LogP contribution in [0.15, 0.2) is 90.1 Å². The Labute approximate surface area is 258 Å². The second kappa shape index (κ2) is 13.5. The third kappa shape index (κ3) is 7.58. The van der Waals surface area contributed by atoms with Gasteiger partial charge in [-0.05, 0) is 78.5 Å². The smallest absolute Gasteiger partial charge is 0.326 e. The number of hydrogen-bond donors (Lipinski definition) is 2. The molecule has 3 aromatic carbocycles. The Balaban J connectivity index is 1.20. The lowest BCUT2D eigenvalue weighted by molar-refractivity contribution is -0.139. The predicted molar refractivity (Wildman–Crippen MR) is 170 cm³/mol. The Hall–Kier alpha value is -4.37. The zero-order valence-electron chi connectivity index (χ0n) is 24.9. The van der Waals surface area contributed by atoms with Crippen molar-refractivity contribution < 1.29 is 23.1 Å². The molecule has 0 aliphatic heterocycles. The van der Waals surface area contributed by atoms with E-state index in [9.17, 15) is 23.1 Å². The van der Waals surface area contributed by atoms with Crippen LogP contribution in [0, 0.1) is 5.92 Å². The molecule has 5 rings (SSSR count). The number of carboxylic acids is 1. The highest BCUT2D eigenvalue weighted by atomic mass is 32.2. The number of nitrogens with zero attached hydrogens (tertiary/aromatic N) is 2. The first-order valence-corrected chi connectivity index (χ1v) is 16.9. The molecule has 1 aliphatic carbocycles. The van der Waals surface area contributed by atoms with Crippen LogP contribution in [0.2, 0.25) is 0 Å². The number of aliphatic carboxylic acids is 1. The number of carbonyl (C=O) groups excluding carboxylic acids is 1. The molecule has 0 spiro atoms. The number of amides is 1. The monoisotopic (exact) mass is 611 g/mol. The third-order valence-electron chi connectivity index (χ3n) is 8.59. The van der Waals surface area contributed by atoms with Crippen molar-refractivity contribution in [2.24, 2.45) is 5.92 Å². The topological polar surface area (TPSA) is 126 Å². The van der Waals surface area contributed by atoms with Gasteiger partial charge in [-0.15, -0.1) is 0 Å². The molecule has 4 aromatic rings. The van der Waals surface area contributed by atoms with Crippen LogP contribution in [0.3, 0.4) is 0 Å². The summed E-state index contributed by atoms with van der Waals surface area (Å²) in [6.45, 7) is 2.29. The van der Waals surface area contributed by atoms with E-state index in [2.05, 4.69) is 46.5 Å². The SMILES string of the molecule is CC[C@H]1CC[C@H](c2ccc(-c3cnc(-c4ccc(C[C@H](NC(=O)c5ccc(S(C)(=O)=O)cc5)C(=O)O)cc4)nc3)cc2)CC1. The van der Waals surface area contributed by atoms with Crippen molar-refractivity contribution in [1.82, 2.24) is 15.3 Å². The zero-order chi connectivity index (χ0) is 31.3. The molecule has 1 atom stereocenters. The summed E-state index contributed by atoms with van der Waals surface area (Å²) in [6.07, 6.45) is 11.2. The van der Waals surface area contributed by atoms with E-state index in [-0.39, 0.29) is 16.9 Å². The standard InChI is InChI=1S/C35H37N3O5S/c1-3-23-4-8-25(9-5-23)26-12-14-27(15-13-26)30-21-36-33(37-22-30)28-10-6-24(7-11-28)20-32(35(40)41)38-34(39)29-16-18-31(19-17-29)44(2,42)43/h6-7,10-19,21-23,25,32H,3-5,8-9,20H2,1-2H3,(H,38,39)(H,40,41)/t23-,25-,32-/m0/s1. The molecule has 0 saturated heterocycles. The van der Waals surface area contributed by atoms with E-state index >= 15 is 0 Å². The van der Waals surface area contributed by atoms with Crippen molar-refractivity contribution in [1.29, 1.82) is 0 Å². The van der Waals surface area contributed by atoms with Gasteiger partial charge in [0.1, 0.15) is 6.04 Å². The molecule has 44 heavy (non-hydrogen) atoms. The lowest BCUT2D eigenvalue weighted by atomic mass is 9.78. The lowest BCUT2D eigenvalue weighted by Crippen LogP contribution is -2.42. The normalized spacial score (nSPS) is 17.5. The van der Waals surface area contributed by atoms with E-state index in [1.54, 1.807) is 12.1 Å².